The van der Waals surface area contributed by atoms with Gasteiger partial charge in [0.1, 0.15) is 5.69 Å². The molecule has 1 saturated heterocycles. The van der Waals surface area contributed by atoms with Crippen molar-refractivity contribution in [3.05, 3.63) is 23.8 Å². The Hall–Kier alpha value is -1.29. The van der Waals surface area contributed by atoms with E-state index in [4.69, 9.17) is 20.2 Å². The number of benzene rings is 1. The van der Waals surface area contributed by atoms with Crippen molar-refractivity contribution in [3.8, 4) is 0 Å². The minimum atomic E-state index is -4.28. The summed E-state index contributed by atoms with van der Waals surface area (Å²) in [5.74, 6) is -3.33. The highest BCUT2D eigenvalue weighted by atomic mass is 35.7. The van der Waals surface area contributed by atoms with Crippen molar-refractivity contribution in [3.63, 3.8) is 0 Å². The Morgan fingerprint density at radius 1 is 1.29 bits per heavy atom. The van der Waals surface area contributed by atoms with Gasteiger partial charge >= 0.3 is 0 Å². The third-order valence-corrected chi connectivity index (χ3v) is 3.99. The van der Waals surface area contributed by atoms with Gasteiger partial charge in [-0.1, -0.05) is 0 Å². The average molecular weight is 342 g/mol. The van der Waals surface area contributed by atoms with E-state index in [9.17, 15) is 22.0 Å². The summed E-state index contributed by atoms with van der Waals surface area (Å²) < 4.78 is 59.6. The highest BCUT2D eigenvalue weighted by Crippen LogP contribution is 2.25. The van der Waals surface area contributed by atoms with E-state index in [1.165, 1.54) is 0 Å². The molecule has 116 valence electrons. The average Bonchev–Trinajstić information content (AvgIpc) is 2.42. The Labute approximate surface area is 123 Å². The number of halogens is 3. The molecule has 0 saturated carbocycles. The van der Waals surface area contributed by atoms with Gasteiger partial charge in [-0.15, -0.1) is 0 Å². The number of hydrogen-bond donors (Lipinski definition) is 1. The fourth-order valence-electron chi connectivity index (χ4n) is 1.65. The van der Waals surface area contributed by atoms with Crippen LogP contribution in [0.15, 0.2) is 17.0 Å². The Morgan fingerprint density at radius 2 is 1.90 bits per heavy atom. The first-order valence-corrected chi connectivity index (χ1v) is 8.04. The molecule has 1 amide bonds. The van der Waals surface area contributed by atoms with Crippen molar-refractivity contribution >= 4 is 31.3 Å². The maximum atomic E-state index is 13.7. The lowest BCUT2D eigenvalue weighted by atomic mass is 10.2. The lowest BCUT2D eigenvalue weighted by Crippen LogP contribution is -2.39. The predicted octanol–water partition coefficient (Wildman–Crippen LogP) is 1.25. The first kappa shape index (κ1) is 16.1. The summed E-state index contributed by atoms with van der Waals surface area (Å²) in [7, 11) is 0.719. The zero-order valence-corrected chi connectivity index (χ0v) is 12.0. The molecule has 1 aliphatic rings. The molecular weight excluding hydrogens is 332 g/mol. The van der Waals surface area contributed by atoms with Gasteiger partial charge in [0.15, 0.2) is 17.7 Å². The molecule has 1 heterocycles. The molecule has 2 rings (SSSR count). The Kier molecular flexibility index (Phi) is 4.77. The van der Waals surface area contributed by atoms with E-state index < -0.39 is 43.3 Å². The third-order valence-electron chi connectivity index (χ3n) is 2.65. The van der Waals surface area contributed by atoms with Crippen molar-refractivity contribution < 1.29 is 31.5 Å². The quantitative estimate of drug-likeness (QED) is 0.837. The lowest BCUT2D eigenvalue weighted by molar-refractivity contribution is -0.142. The van der Waals surface area contributed by atoms with Gasteiger partial charge in [0.25, 0.3) is 15.0 Å². The molecule has 0 radical (unpaired) electrons. The highest BCUT2D eigenvalue weighted by Gasteiger charge is 2.25. The third kappa shape index (κ3) is 3.88. The van der Waals surface area contributed by atoms with Crippen LogP contribution in [0.25, 0.3) is 0 Å². The largest absolute Gasteiger partial charge is 0.376 e. The first-order chi connectivity index (χ1) is 9.79. The summed E-state index contributed by atoms with van der Waals surface area (Å²) in [6.45, 7) is 0.477. The lowest BCUT2D eigenvalue weighted by Gasteiger charge is -2.22. The van der Waals surface area contributed by atoms with Crippen LogP contribution in [-0.2, 0) is 23.3 Å². The summed E-state index contributed by atoms with van der Waals surface area (Å²) in [6, 6.07) is 1.03. The Bertz CT molecular complexity index is 638. The molecule has 1 aliphatic heterocycles. The predicted molar refractivity (Wildman–Crippen MR) is 68.6 cm³/mol. The number of rotatable bonds is 3. The second-order valence-electron chi connectivity index (χ2n) is 4.12. The van der Waals surface area contributed by atoms with Crippen LogP contribution in [0.2, 0.25) is 0 Å². The maximum Gasteiger partial charge on any atom is 0.261 e. The maximum absolute atomic E-state index is 13.7. The smallest absolute Gasteiger partial charge is 0.261 e. The normalized spacial score (nSPS) is 19.3. The van der Waals surface area contributed by atoms with E-state index in [1.54, 1.807) is 0 Å². The van der Waals surface area contributed by atoms with Gasteiger partial charge < -0.3 is 14.8 Å². The summed E-state index contributed by atoms with van der Waals surface area (Å²) >= 11 is 0. The second kappa shape index (κ2) is 6.22. The fourth-order valence-corrected chi connectivity index (χ4v) is 2.41. The molecule has 6 nitrogen and oxygen atoms in total. The zero-order chi connectivity index (χ0) is 15.6. The van der Waals surface area contributed by atoms with E-state index in [0.29, 0.717) is 18.7 Å². The summed E-state index contributed by atoms with van der Waals surface area (Å²) in [5, 5.41) is 2.00. The molecule has 0 aromatic heterocycles. The standard InChI is InChI=1S/C11H10ClF2NO5S/c12-21(17,18)6-3-7(13)10(8(14)4-6)15-11(16)9-5-19-1-2-20-9/h3-4,9H,1-2,5H2,(H,15,16). The highest BCUT2D eigenvalue weighted by molar-refractivity contribution is 8.13. The zero-order valence-electron chi connectivity index (χ0n) is 10.4. The SMILES string of the molecule is O=C(Nc1c(F)cc(S(=O)(=O)Cl)cc1F)C1COCCO1. The number of amides is 1. The van der Waals surface area contributed by atoms with Gasteiger partial charge in [0.05, 0.1) is 24.7 Å². The van der Waals surface area contributed by atoms with Crippen molar-refractivity contribution in [1.82, 2.24) is 0 Å². The van der Waals surface area contributed by atoms with E-state index in [0.717, 1.165) is 0 Å². The molecule has 0 bridgehead atoms. The molecule has 0 aliphatic carbocycles. The van der Waals surface area contributed by atoms with Gasteiger partial charge in [-0.05, 0) is 12.1 Å². The van der Waals surface area contributed by atoms with Gasteiger partial charge in [0, 0.05) is 10.7 Å². The summed E-state index contributed by atoms with van der Waals surface area (Å²) in [6.07, 6.45) is -0.992. The van der Waals surface area contributed by atoms with Gasteiger partial charge in [0.2, 0.25) is 0 Å². The number of carbonyl (C=O) groups is 1. The molecule has 1 N–H and O–H groups in total. The number of hydrogen-bond acceptors (Lipinski definition) is 5. The molecular formula is C11H10ClF2NO5S. The second-order valence-corrected chi connectivity index (χ2v) is 6.69. The molecule has 0 spiro atoms. The van der Waals surface area contributed by atoms with E-state index in [2.05, 4.69) is 0 Å². The number of anilines is 1. The monoisotopic (exact) mass is 341 g/mol. The van der Waals surface area contributed by atoms with Crippen LogP contribution in [0.5, 0.6) is 0 Å². The molecule has 10 heteroatoms. The molecule has 1 aromatic rings. The topological polar surface area (TPSA) is 81.7 Å². The van der Waals surface area contributed by atoms with Gasteiger partial charge in [-0.3, -0.25) is 4.79 Å². The number of nitrogens with one attached hydrogen (secondary N) is 1. The van der Waals surface area contributed by atoms with Crippen LogP contribution in [-0.4, -0.2) is 40.2 Å². The van der Waals surface area contributed by atoms with Crippen molar-refractivity contribution in [2.24, 2.45) is 0 Å². The van der Waals surface area contributed by atoms with Crippen LogP contribution in [0.4, 0.5) is 14.5 Å². The van der Waals surface area contributed by atoms with Crippen molar-refractivity contribution in [2.45, 2.75) is 11.0 Å². The van der Waals surface area contributed by atoms with E-state index in [1.807, 2.05) is 5.32 Å². The van der Waals surface area contributed by atoms with Crippen molar-refractivity contribution in [1.29, 1.82) is 0 Å². The van der Waals surface area contributed by atoms with E-state index >= 15 is 0 Å². The first-order valence-electron chi connectivity index (χ1n) is 5.73. The van der Waals surface area contributed by atoms with Crippen LogP contribution in [0.3, 0.4) is 0 Å². The minimum Gasteiger partial charge on any atom is -0.376 e. The molecule has 1 atom stereocenters. The van der Waals surface area contributed by atoms with Gasteiger partial charge in [-0.2, -0.15) is 0 Å². The molecule has 1 unspecified atom stereocenters. The van der Waals surface area contributed by atoms with Crippen molar-refractivity contribution in [2.75, 3.05) is 25.1 Å². The Morgan fingerprint density at radius 3 is 2.38 bits per heavy atom. The molecule has 21 heavy (non-hydrogen) atoms. The fraction of sp³-hybridized carbons (Fsp3) is 0.364. The summed E-state index contributed by atoms with van der Waals surface area (Å²) in [5.41, 5.74) is -0.779. The molecule has 1 fully saturated rings. The molecule has 1 aromatic carbocycles. The number of ether oxygens (including phenoxy) is 2. The number of carbonyl (C=O) groups excluding carboxylic acids is 1. The summed E-state index contributed by atoms with van der Waals surface area (Å²) in [4.78, 5) is 11.0. The van der Waals surface area contributed by atoms with Crippen LogP contribution < -0.4 is 5.32 Å². The van der Waals surface area contributed by atoms with E-state index in [-0.39, 0.29) is 13.2 Å². The van der Waals surface area contributed by atoms with Crippen LogP contribution >= 0.6 is 10.7 Å². The minimum absolute atomic E-state index is 0.0385. The van der Waals surface area contributed by atoms with Crippen LogP contribution in [0.1, 0.15) is 0 Å². The Balaban J connectivity index is 2.22. The van der Waals surface area contributed by atoms with Crippen LogP contribution in [0, 0.1) is 11.6 Å². The van der Waals surface area contributed by atoms with Gasteiger partial charge in [-0.25, -0.2) is 17.2 Å².